The van der Waals surface area contributed by atoms with Crippen molar-refractivity contribution in [2.24, 2.45) is 51.8 Å². The van der Waals surface area contributed by atoms with E-state index in [-0.39, 0.29) is 58.3 Å². The number of nitrogens with zero attached hydrogens (tertiary/aromatic N) is 6. The molecule has 1 aromatic carbocycles. The largest absolute Gasteiger partial charge is 0.467 e. The molecule has 2 N–H and O–H groups in total. The van der Waals surface area contributed by atoms with E-state index in [0.717, 1.165) is 135 Å². The van der Waals surface area contributed by atoms with Gasteiger partial charge in [0.1, 0.15) is 6.04 Å². The van der Waals surface area contributed by atoms with E-state index in [4.69, 9.17) is 14.5 Å². The fraction of sp³-hybridized carbons (Fsp3) is 0.768. The number of likely N-dealkylation sites (tertiary alicyclic amines) is 1. The number of aryl methyl sites for hydroxylation is 1. The predicted octanol–water partition coefficient (Wildman–Crippen LogP) is 12.2. The summed E-state index contributed by atoms with van der Waals surface area (Å²) in [6.45, 7) is 30.1. The van der Waals surface area contributed by atoms with Crippen LogP contribution in [0, 0.1) is 51.8 Å². The quantitative estimate of drug-likeness (QED) is 0.0838. The van der Waals surface area contributed by atoms with Crippen LogP contribution in [0.4, 0.5) is 5.69 Å². The van der Waals surface area contributed by atoms with Crippen molar-refractivity contribution in [3.05, 3.63) is 47.3 Å². The summed E-state index contributed by atoms with van der Waals surface area (Å²) in [5, 5.41) is 6.79. The lowest BCUT2D eigenvalue weighted by molar-refractivity contribution is -0.256. The lowest BCUT2D eigenvalue weighted by Crippen LogP contribution is -2.72. The van der Waals surface area contributed by atoms with Crippen molar-refractivity contribution >= 4 is 34.9 Å². The number of benzene rings is 1. The minimum Gasteiger partial charge on any atom is -0.467 e. The number of ether oxygens (including phenoxy) is 2. The Kier molecular flexibility index (Phi) is 19.6. The molecule has 6 atom stereocenters. The number of hydrogen-bond donors (Lipinski definition) is 2. The highest BCUT2D eigenvalue weighted by atomic mass is 16.5. The Hall–Kier alpha value is -4.04. The first-order valence-electron chi connectivity index (χ1n) is 33.4. The second-order valence-corrected chi connectivity index (χ2v) is 28.7. The third-order valence-electron chi connectivity index (χ3n) is 22.5. The summed E-state index contributed by atoms with van der Waals surface area (Å²) in [7, 11) is 2.24. The molecule has 3 aliphatic carbocycles. The van der Waals surface area contributed by atoms with E-state index < -0.39 is 6.04 Å². The number of amides is 2. The van der Waals surface area contributed by atoms with Crippen molar-refractivity contribution in [2.75, 3.05) is 77.6 Å². The van der Waals surface area contributed by atoms with Gasteiger partial charge >= 0.3 is 0 Å². The number of piperidine rings is 1. The van der Waals surface area contributed by atoms with Crippen molar-refractivity contribution in [3.8, 4) is 11.3 Å². The van der Waals surface area contributed by atoms with Gasteiger partial charge in [0.15, 0.2) is 0 Å². The van der Waals surface area contributed by atoms with Crippen LogP contribution in [0.2, 0.25) is 0 Å². The van der Waals surface area contributed by atoms with Gasteiger partial charge in [-0.2, -0.15) is 0 Å². The maximum Gasteiger partial charge on any atom is 0.293 e. The molecule has 2 amide bonds. The van der Waals surface area contributed by atoms with Crippen LogP contribution in [0.3, 0.4) is 0 Å². The molecule has 4 aliphatic heterocycles. The molecule has 454 valence electrons. The van der Waals surface area contributed by atoms with Gasteiger partial charge in [0.2, 0.25) is 5.91 Å². The Morgan fingerprint density at radius 1 is 0.963 bits per heavy atom. The second kappa shape index (κ2) is 26.3. The predicted molar refractivity (Wildman–Crippen MR) is 332 cm³/mol. The molecule has 7 fully saturated rings. The van der Waals surface area contributed by atoms with Gasteiger partial charge in [0.05, 0.1) is 37.3 Å². The van der Waals surface area contributed by atoms with E-state index in [1.54, 1.807) is 0 Å². The van der Waals surface area contributed by atoms with Crippen LogP contribution in [-0.2, 0) is 43.2 Å². The number of rotatable bonds is 24. The van der Waals surface area contributed by atoms with E-state index in [1.807, 2.05) is 5.01 Å². The fourth-order valence-corrected chi connectivity index (χ4v) is 17.8. The fourth-order valence-electron chi connectivity index (χ4n) is 17.8. The number of carbonyl (C=O) groups is 3. The van der Waals surface area contributed by atoms with Crippen molar-refractivity contribution in [3.63, 3.8) is 0 Å². The van der Waals surface area contributed by atoms with Crippen molar-refractivity contribution in [1.82, 2.24) is 35.1 Å². The van der Waals surface area contributed by atoms with Gasteiger partial charge in [-0.15, -0.1) is 0 Å². The minimum atomic E-state index is -0.626. The number of nitrogens with one attached hydrogen (secondary N) is 2. The highest BCUT2D eigenvalue weighted by Gasteiger charge is 2.65. The van der Waals surface area contributed by atoms with Crippen LogP contribution in [0.25, 0.3) is 22.2 Å². The zero-order valence-electron chi connectivity index (χ0n) is 52.7. The van der Waals surface area contributed by atoms with E-state index in [9.17, 15) is 4.79 Å². The molecule has 13 nitrogen and oxygen atoms in total. The summed E-state index contributed by atoms with van der Waals surface area (Å²) in [6.07, 6.45) is 23.6. The van der Waals surface area contributed by atoms with Gasteiger partial charge in [-0.1, -0.05) is 74.7 Å². The number of hydrazine groups is 1. The van der Waals surface area contributed by atoms with Crippen molar-refractivity contribution in [1.29, 1.82) is 0 Å². The van der Waals surface area contributed by atoms with Crippen LogP contribution in [0.5, 0.6) is 0 Å². The van der Waals surface area contributed by atoms with Crippen LogP contribution in [0.15, 0.2) is 30.5 Å². The zero-order valence-corrected chi connectivity index (χ0v) is 52.7. The Balaban J connectivity index is 1.00. The molecule has 0 radical (unpaired) electrons. The number of fused-ring (bicyclic) bond motifs is 3. The molecule has 7 aliphatic rings. The summed E-state index contributed by atoms with van der Waals surface area (Å²) in [5.41, 5.74) is 12.3. The van der Waals surface area contributed by atoms with E-state index in [2.05, 4.69) is 130 Å². The first kappa shape index (κ1) is 61.1. The monoisotopic (exact) mass is 1130 g/mol. The third-order valence-corrected chi connectivity index (χ3v) is 22.5. The van der Waals surface area contributed by atoms with Gasteiger partial charge in [0.25, 0.3) is 12.4 Å². The normalized spacial score (nSPS) is 27.8. The highest BCUT2D eigenvalue weighted by molar-refractivity contribution is 5.95. The molecule has 13 heteroatoms. The van der Waals surface area contributed by atoms with Crippen LogP contribution in [-0.4, -0.2) is 133 Å². The summed E-state index contributed by atoms with van der Waals surface area (Å²) in [4.78, 5) is 56.0. The third kappa shape index (κ3) is 12.3. The van der Waals surface area contributed by atoms with E-state index in [1.165, 1.54) is 90.3 Å². The lowest BCUT2D eigenvalue weighted by Gasteiger charge is -2.66. The molecule has 10 rings (SSSR count). The van der Waals surface area contributed by atoms with Crippen LogP contribution in [0.1, 0.15) is 194 Å². The average Bonchev–Trinajstić information content (AvgIpc) is 1.88. The van der Waals surface area contributed by atoms with Crippen LogP contribution >= 0.6 is 0 Å². The number of hydrogen-bond acceptors (Lipinski definition) is 10. The maximum absolute atomic E-state index is 15.8. The Morgan fingerprint density at radius 2 is 1.73 bits per heavy atom. The lowest BCUT2D eigenvalue weighted by atomic mass is 9.44. The SMILES string of the molecule is CCCCN(C1CCC(C2(CC)CCC2)CC1)[C@@H]1C(=O)N[C@H](C(=O)N2CCCCN2)[C@@H](CCN(CCC)c2ccc3c(c2)c(CC(C)(C)COC=O)c(-c2cc(CC4CCN(C)CC4)cnc2C(C)C)n3CC)C2CC3(COC3)C2C1C. The minimum absolute atomic E-state index is 0.0373. The van der Waals surface area contributed by atoms with E-state index in [0.29, 0.717) is 43.4 Å². The molecule has 3 saturated carbocycles. The number of unbranched alkanes of at least 4 members (excludes halogenated alkanes) is 1. The van der Waals surface area contributed by atoms with E-state index >= 15 is 9.59 Å². The Bertz CT molecular complexity index is 2630. The molecule has 82 heavy (non-hydrogen) atoms. The average molecular weight is 1130 g/mol. The number of aromatic nitrogens is 2. The summed E-state index contributed by atoms with van der Waals surface area (Å²) in [6, 6.07) is 9.08. The van der Waals surface area contributed by atoms with Crippen molar-refractivity contribution < 1.29 is 23.9 Å². The van der Waals surface area contributed by atoms with Gasteiger partial charge in [-0.25, -0.2) is 5.43 Å². The number of pyridine rings is 1. The summed E-state index contributed by atoms with van der Waals surface area (Å²) >= 11 is 0. The summed E-state index contributed by atoms with van der Waals surface area (Å²) < 4.78 is 14.3. The molecule has 3 unspecified atom stereocenters. The van der Waals surface area contributed by atoms with Gasteiger partial charge in [-0.3, -0.25) is 29.3 Å². The molecule has 6 heterocycles. The smallest absolute Gasteiger partial charge is 0.293 e. The first-order valence-corrected chi connectivity index (χ1v) is 33.4. The standard InChI is InChI=1S/C69H108N8O5/c1-11-15-32-76(52-21-19-51(20-22-52)68(13-3)28-18-29-68)63-48(7)60-57(41-69(60)44-81-45-69)54(62(72-65(63)79)66(80)77-33-17-16-30-71-77)27-36-74(31-12-2)53-23-24-59-55(39-53)58(40-67(8,9)43-82-46-78)64(75(59)14-4)56-38-50(42-70-61(56)47(5)6)37-49-25-34-73(10)35-26-49/h23-24,38-39,42,46-49,51-52,54,57,60,62-63,71H,11-22,25-37,40-41,43-45H2,1-10H3,(H,72,79)/t48?,51?,52?,54-,57?,60?,62-,63-/m0/s1. The van der Waals surface area contributed by atoms with Gasteiger partial charge < -0.3 is 29.2 Å². The van der Waals surface area contributed by atoms with Crippen molar-refractivity contribution in [2.45, 2.75) is 215 Å². The Morgan fingerprint density at radius 3 is 2.35 bits per heavy atom. The topological polar surface area (TPSA) is 125 Å². The zero-order chi connectivity index (χ0) is 57.9. The Labute approximate surface area is 494 Å². The molecule has 1 spiro atoms. The highest BCUT2D eigenvalue weighted by Crippen LogP contribution is 2.63. The number of carbonyl (C=O) groups excluding carboxylic acids is 3. The molecular weight excluding hydrogens is 1020 g/mol. The molecule has 4 saturated heterocycles. The van der Waals surface area contributed by atoms with Gasteiger partial charge in [0, 0.05) is 77.9 Å². The number of anilines is 1. The maximum atomic E-state index is 15.8. The second-order valence-electron chi connectivity index (χ2n) is 28.7. The molecule has 3 aromatic rings. The van der Waals surface area contributed by atoms with Crippen LogP contribution < -0.4 is 15.6 Å². The molecule has 2 aromatic heterocycles. The molecular formula is C69H108N8O5. The first-order chi connectivity index (χ1) is 39.6. The molecule has 0 bridgehead atoms. The summed E-state index contributed by atoms with van der Waals surface area (Å²) in [5.74, 6) is 2.42. The van der Waals surface area contributed by atoms with Gasteiger partial charge in [-0.05, 0) is 219 Å².